The molecule has 6 aliphatic rings. The summed E-state index contributed by atoms with van der Waals surface area (Å²) in [5.74, 6) is -1.20. The van der Waals surface area contributed by atoms with E-state index in [-0.39, 0.29) is 17.2 Å². The van der Waals surface area contributed by atoms with Gasteiger partial charge in [0.05, 0.1) is 24.1 Å². The van der Waals surface area contributed by atoms with E-state index in [1.54, 1.807) is 0 Å². The van der Waals surface area contributed by atoms with Crippen LogP contribution in [0.4, 0.5) is 13.8 Å². The van der Waals surface area contributed by atoms with Gasteiger partial charge in [0.25, 0.3) is 11.8 Å². The molecule has 4 bridgehead atoms. The van der Waals surface area contributed by atoms with Crippen LogP contribution in [-0.4, -0.2) is 35.7 Å². The molecule has 5 fully saturated rings. The molecule has 0 spiro atoms. The van der Waals surface area contributed by atoms with Gasteiger partial charge < -0.3 is 10.2 Å². The van der Waals surface area contributed by atoms with Gasteiger partial charge in [0.2, 0.25) is 5.91 Å². The Morgan fingerprint density at radius 1 is 1.03 bits per heavy atom. The summed E-state index contributed by atoms with van der Waals surface area (Å²) in [7, 11) is 0. The van der Waals surface area contributed by atoms with Gasteiger partial charge in [-0.25, -0.2) is 8.78 Å². The zero-order valence-corrected chi connectivity index (χ0v) is 17.3. The van der Waals surface area contributed by atoms with Crippen molar-refractivity contribution < 1.29 is 18.4 Å². The first-order valence-corrected chi connectivity index (χ1v) is 11.8. The van der Waals surface area contributed by atoms with Gasteiger partial charge in [-0.05, 0) is 81.1 Å². The highest BCUT2D eigenvalue weighted by Crippen LogP contribution is 2.65. The van der Waals surface area contributed by atoms with Crippen LogP contribution in [0.5, 0.6) is 0 Å². The second-order valence-electron chi connectivity index (χ2n) is 10.1. The number of fused-ring (bicyclic) bond motifs is 1. The highest BCUT2D eigenvalue weighted by Gasteiger charge is 2.61. The molecule has 4 nitrogen and oxygen atoms in total. The molecule has 7 rings (SSSR count). The molecule has 1 aliphatic heterocycles. The molecule has 0 radical (unpaired) electrons. The molecule has 1 aromatic rings. The largest absolute Gasteiger partial charge is 0.326 e. The van der Waals surface area contributed by atoms with E-state index < -0.39 is 19.0 Å². The fourth-order valence-corrected chi connectivity index (χ4v) is 8.37. The number of nitrogens with zero attached hydrogens (tertiary/aromatic N) is 1. The maximum atomic E-state index is 13.5. The Morgan fingerprint density at radius 3 is 2.41 bits per heavy atom. The third-order valence-electron chi connectivity index (χ3n) is 8.19. The van der Waals surface area contributed by atoms with E-state index in [0.717, 1.165) is 49.0 Å². The predicted octanol–water partition coefficient (Wildman–Crippen LogP) is 4.48. The number of thiophene rings is 1. The van der Waals surface area contributed by atoms with E-state index in [4.69, 9.17) is 0 Å². The molecule has 2 heterocycles. The van der Waals surface area contributed by atoms with Crippen molar-refractivity contribution in [2.45, 2.75) is 63.7 Å². The highest BCUT2D eigenvalue weighted by atomic mass is 32.1. The predicted molar refractivity (Wildman–Crippen MR) is 106 cm³/mol. The standard InChI is InChI=1S/C22H26F2N2O2S/c23-22(24)10-26(11-22)19(27)17-15-3-1-2-4-16(15)29-18(17)25-20(28)21-8-12-5-13(9-21)7-14(21)6-12/h12-14H,1-11H2,(H,25,28). The minimum Gasteiger partial charge on any atom is -0.326 e. The second kappa shape index (κ2) is 6.02. The van der Waals surface area contributed by atoms with Gasteiger partial charge in [0.1, 0.15) is 5.00 Å². The summed E-state index contributed by atoms with van der Waals surface area (Å²) in [5, 5.41) is 3.78. The minimum absolute atomic E-state index is 0.0776. The first kappa shape index (κ1) is 18.3. The number of hydrogen-bond acceptors (Lipinski definition) is 3. The molecule has 1 aromatic heterocycles. The number of amides is 2. The second-order valence-corrected chi connectivity index (χ2v) is 11.2. The van der Waals surface area contributed by atoms with Crippen LogP contribution in [-0.2, 0) is 17.6 Å². The van der Waals surface area contributed by atoms with Gasteiger partial charge in [-0.15, -0.1) is 11.3 Å². The van der Waals surface area contributed by atoms with Gasteiger partial charge in [-0.3, -0.25) is 9.59 Å². The molecule has 4 saturated carbocycles. The van der Waals surface area contributed by atoms with E-state index in [9.17, 15) is 18.4 Å². The average Bonchev–Trinajstić information content (AvgIpc) is 3.22. The Hall–Kier alpha value is -1.50. The van der Waals surface area contributed by atoms with Gasteiger partial charge in [-0.1, -0.05) is 0 Å². The molecule has 5 aliphatic carbocycles. The fourth-order valence-electron chi connectivity index (χ4n) is 7.09. The molecule has 29 heavy (non-hydrogen) atoms. The lowest BCUT2D eigenvalue weighted by Gasteiger charge is -2.39. The lowest BCUT2D eigenvalue weighted by atomic mass is 9.75. The maximum absolute atomic E-state index is 13.5. The van der Waals surface area contributed by atoms with Crippen molar-refractivity contribution in [1.29, 1.82) is 0 Å². The van der Waals surface area contributed by atoms with E-state index >= 15 is 0 Å². The van der Waals surface area contributed by atoms with E-state index in [2.05, 4.69) is 5.32 Å². The molecule has 1 N–H and O–H groups in total. The van der Waals surface area contributed by atoms with Crippen molar-refractivity contribution in [3.05, 3.63) is 16.0 Å². The van der Waals surface area contributed by atoms with Crippen LogP contribution in [0.1, 0.15) is 65.7 Å². The fraction of sp³-hybridized carbons (Fsp3) is 0.727. The zero-order valence-electron chi connectivity index (χ0n) is 16.4. The number of anilines is 1. The molecule has 2 atom stereocenters. The maximum Gasteiger partial charge on any atom is 0.282 e. The lowest BCUT2D eigenvalue weighted by molar-refractivity contribution is -0.127. The smallest absolute Gasteiger partial charge is 0.282 e. The van der Waals surface area contributed by atoms with E-state index in [0.29, 0.717) is 28.3 Å². The molecule has 156 valence electrons. The molecular formula is C22H26F2N2O2S. The summed E-state index contributed by atoms with van der Waals surface area (Å²) in [6, 6.07) is 0. The Labute approximate surface area is 173 Å². The van der Waals surface area contributed by atoms with Crippen molar-refractivity contribution in [3.8, 4) is 0 Å². The van der Waals surface area contributed by atoms with Gasteiger partial charge in [-0.2, -0.15) is 0 Å². The van der Waals surface area contributed by atoms with Crippen molar-refractivity contribution in [3.63, 3.8) is 0 Å². The zero-order chi connectivity index (χ0) is 20.0. The Balaban J connectivity index is 1.31. The van der Waals surface area contributed by atoms with Crippen LogP contribution in [0, 0.1) is 23.2 Å². The molecule has 2 unspecified atom stereocenters. The monoisotopic (exact) mass is 420 g/mol. The molecule has 0 aromatic carbocycles. The average molecular weight is 421 g/mol. The summed E-state index contributed by atoms with van der Waals surface area (Å²) in [5.41, 5.74) is 1.23. The summed E-state index contributed by atoms with van der Waals surface area (Å²) in [4.78, 5) is 29.0. The molecule has 1 saturated heterocycles. The van der Waals surface area contributed by atoms with Crippen LogP contribution in [0.15, 0.2) is 0 Å². The Kier molecular flexibility index (Phi) is 3.80. The number of aryl methyl sites for hydroxylation is 1. The number of hydrogen-bond donors (Lipinski definition) is 1. The number of carbonyl (C=O) groups is 2. The van der Waals surface area contributed by atoms with E-state index in [1.165, 1.54) is 35.5 Å². The summed E-state index contributed by atoms with van der Waals surface area (Å²) in [6.07, 6.45) is 9.34. The summed E-state index contributed by atoms with van der Waals surface area (Å²) >= 11 is 1.51. The van der Waals surface area contributed by atoms with Crippen LogP contribution >= 0.6 is 11.3 Å². The van der Waals surface area contributed by atoms with Gasteiger partial charge in [0.15, 0.2) is 0 Å². The topological polar surface area (TPSA) is 49.4 Å². The molecule has 2 amide bonds. The molecule has 7 heteroatoms. The lowest BCUT2D eigenvalue weighted by Crippen LogP contribution is -2.58. The van der Waals surface area contributed by atoms with Crippen LogP contribution in [0.25, 0.3) is 0 Å². The third kappa shape index (κ3) is 2.65. The number of alkyl halides is 2. The first-order chi connectivity index (χ1) is 13.8. The van der Waals surface area contributed by atoms with Crippen molar-refractivity contribution in [2.75, 3.05) is 18.4 Å². The van der Waals surface area contributed by atoms with Gasteiger partial charge in [0, 0.05) is 4.88 Å². The number of nitrogens with one attached hydrogen (secondary N) is 1. The number of halogens is 2. The number of likely N-dealkylation sites (tertiary alicyclic amines) is 1. The van der Waals surface area contributed by atoms with Crippen LogP contribution in [0.3, 0.4) is 0 Å². The first-order valence-electron chi connectivity index (χ1n) is 11.0. The Morgan fingerprint density at radius 2 is 1.72 bits per heavy atom. The minimum atomic E-state index is -2.78. The van der Waals surface area contributed by atoms with Crippen molar-refractivity contribution >= 4 is 28.2 Å². The highest BCUT2D eigenvalue weighted by molar-refractivity contribution is 7.17. The van der Waals surface area contributed by atoms with E-state index in [1.807, 2.05) is 0 Å². The molecular weight excluding hydrogens is 394 g/mol. The van der Waals surface area contributed by atoms with Gasteiger partial charge >= 0.3 is 0 Å². The SMILES string of the molecule is O=C(c1c(NC(=O)C23CC4CC(CC2C4)C3)sc2c1CCCC2)N1CC(F)(F)C1. The van der Waals surface area contributed by atoms with Crippen LogP contribution < -0.4 is 5.32 Å². The van der Waals surface area contributed by atoms with Crippen molar-refractivity contribution in [2.24, 2.45) is 23.2 Å². The normalized spacial score (nSPS) is 36.1. The quantitative estimate of drug-likeness (QED) is 0.784. The third-order valence-corrected chi connectivity index (χ3v) is 9.39. The number of carbonyl (C=O) groups excluding carboxylic acids is 2. The Bertz CT molecular complexity index is 889. The number of rotatable bonds is 3. The summed E-state index contributed by atoms with van der Waals surface area (Å²) in [6.45, 7) is -1.03. The summed E-state index contributed by atoms with van der Waals surface area (Å²) < 4.78 is 26.7. The van der Waals surface area contributed by atoms with Crippen LogP contribution in [0.2, 0.25) is 0 Å². The van der Waals surface area contributed by atoms with Crippen molar-refractivity contribution in [1.82, 2.24) is 4.90 Å².